The summed E-state index contributed by atoms with van der Waals surface area (Å²) in [7, 11) is 0. The molecule has 0 unspecified atom stereocenters. The molecule has 412 valence electrons. The van der Waals surface area contributed by atoms with Crippen molar-refractivity contribution in [2.45, 2.75) is 68.0 Å². The molecule has 2 aliphatic heterocycles. The van der Waals surface area contributed by atoms with Crippen LogP contribution in [-0.4, -0.2) is 106 Å². The number of hydrogen-bond donors (Lipinski definition) is 6. The van der Waals surface area contributed by atoms with Crippen molar-refractivity contribution in [1.29, 1.82) is 0 Å². The maximum atomic E-state index is 13.4. The Morgan fingerprint density at radius 1 is 0.637 bits per heavy atom. The fourth-order valence-electron chi connectivity index (χ4n) is 9.07. The number of amides is 4. The number of likely N-dealkylation sites (N-methyl/N-ethyl adjacent to an activating group) is 2. The lowest BCUT2D eigenvalue weighted by Gasteiger charge is -2.19. The highest BCUT2D eigenvalue weighted by atomic mass is 32.1. The zero-order valence-electron chi connectivity index (χ0n) is 67.2. The summed E-state index contributed by atoms with van der Waals surface area (Å²) < 4.78 is 183. The monoisotopic (exact) mass is 1130 g/mol. The van der Waals surface area contributed by atoms with Gasteiger partial charge < -0.3 is 41.0 Å². The molecule has 0 bridgehead atoms. The molecule has 10 rings (SSSR count). The molecule has 6 N–H and O–H groups in total. The first-order valence-electron chi connectivity index (χ1n) is 36.4. The SMILES string of the molecule is [2H]C([2H])([2H])C([2H])([2H])N(CCNC(=O)c1c(C)[nH]c(/C=C2\C(=O)Nc3ccc(-c4csc(-c5ccccc5)n4)cc32)c1C)C([2H])([2H])C([2H])([2H])C.[2H]c1c([2H])c([2H])c(-c2nc(-c3ccc4c(c3)/C(=C/c3[nH]c(C)c(C(=O)NCCN(C([2H])([2H])C([2H])([2H])[2H])C([2H])([2H])C([2H])([2H])C)c3C)C(=O)N4)cs2)c([2H])c1[2H]. The largest absolute Gasteiger partial charge is 0.358 e. The number of H-pyrrole nitrogens is 2. The molecule has 0 aliphatic carbocycles. The Bertz CT molecular complexity index is 4640. The summed E-state index contributed by atoms with van der Waals surface area (Å²) in [6, 6.07) is 18.4. The number of aryl methyl sites for hydroxylation is 2. The van der Waals surface area contributed by atoms with Gasteiger partial charge in [0.1, 0.15) is 10.0 Å². The zero-order valence-corrected chi connectivity index (χ0v) is 45.9. The third-order valence-electron chi connectivity index (χ3n) is 12.9. The molecule has 4 amide bonds. The lowest BCUT2D eigenvalue weighted by molar-refractivity contribution is -0.111. The van der Waals surface area contributed by atoms with E-state index >= 15 is 0 Å². The normalized spacial score (nSPS) is 19.2. The molecule has 0 atom stereocenters. The van der Waals surface area contributed by atoms with E-state index in [1.165, 1.54) is 11.3 Å². The highest BCUT2D eigenvalue weighted by Crippen LogP contribution is 2.40. The maximum Gasteiger partial charge on any atom is 0.256 e. The van der Waals surface area contributed by atoms with E-state index in [0.717, 1.165) is 47.0 Å². The van der Waals surface area contributed by atoms with Crippen molar-refractivity contribution in [1.82, 2.24) is 40.4 Å². The van der Waals surface area contributed by atoms with E-state index in [-0.39, 0.29) is 56.7 Å². The molecular formula is C64H70N10O4S2. The lowest BCUT2D eigenvalue weighted by atomic mass is 10.0. The fourth-order valence-corrected chi connectivity index (χ4v) is 10.7. The number of carbonyl (C=O) groups excluding carboxylic acids is 4. The maximum absolute atomic E-state index is 13.4. The van der Waals surface area contributed by atoms with Gasteiger partial charge in [-0.15, -0.1) is 22.7 Å². The topological polar surface area (TPSA) is 180 Å². The predicted molar refractivity (Wildman–Crippen MR) is 329 cm³/mol. The fraction of sp³-hybridized carbons (Fsp3) is 0.281. The van der Waals surface area contributed by atoms with E-state index in [1.807, 2.05) is 53.9 Å². The van der Waals surface area contributed by atoms with Gasteiger partial charge in [-0.2, -0.15) is 0 Å². The van der Waals surface area contributed by atoms with Crippen molar-refractivity contribution in [2.75, 3.05) is 62.8 Å². The first-order valence-corrected chi connectivity index (χ1v) is 26.7. The summed E-state index contributed by atoms with van der Waals surface area (Å²) in [5.74, 6) is -1.99. The first-order chi connectivity index (χ1) is 47.5. The van der Waals surface area contributed by atoms with Gasteiger partial charge in [0.2, 0.25) is 0 Å². The van der Waals surface area contributed by atoms with Gasteiger partial charge >= 0.3 is 0 Å². The van der Waals surface area contributed by atoms with Crippen LogP contribution in [0.5, 0.6) is 0 Å². The molecule has 4 aromatic carbocycles. The second-order valence-electron chi connectivity index (χ2n) is 18.1. The highest BCUT2D eigenvalue weighted by Gasteiger charge is 2.29. The van der Waals surface area contributed by atoms with Gasteiger partial charge in [0.25, 0.3) is 23.6 Å². The van der Waals surface area contributed by atoms with E-state index in [0.29, 0.717) is 78.1 Å². The number of benzene rings is 4. The van der Waals surface area contributed by atoms with Crippen molar-refractivity contribution in [3.8, 4) is 43.7 Å². The number of hydrogen-bond acceptors (Lipinski definition) is 10. The molecule has 2 aliphatic rings. The smallest absolute Gasteiger partial charge is 0.256 e. The number of thiazole rings is 2. The number of aromatic amines is 2. The Hall–Kier alpha value is -8.02. The summed E-state index contributed by atoms with van der Waals surface area (Å²) in [6.07, 6.45) is -2.09. The molecule has 0 saturated carbocycles. The van der Waals surface area contributed by atoms with E-state index in [2.05, 4.69) is 36.2 Å². The quantitative estimate of drug-likeness (QED) is 0.0408. The highest BCUT2D eigenvalue weighted by molar-refractivity contribution is 7.13. The standard InChI is InChI=1S/2C32H35N5O2S/c2*1-5-15-37(6-2)16-14-33-31(39)29-20(3)27(34-21(29)4)18-25-24-17-23(12-13-26(24)35-30(25)38)28-19-40-32(36-28)22-10-8-7-9-11-22/h2*7-13,17-19,34H,5-6,14-16H2,1-4H3,(H,33,39)(H,35,38)/b2*25-18-/i2D3,5D2,6D2,7D,8D,9D,10D,11D,15D2;2D3,5D2,6D2,15D2. The average molecular weight is 1130 g/mol. The van der Waals surface area contributed by atoms with E-state index < -0.39 is 108 Å². The van der Waals surface area contributed by atoms with Gasteiger partial charge in [-0.25, -0.2) is 9.97 Å². The zero-order chi connectivity index (χ0) is 76.6. The third kappa shape index (κ3) is 12.7. The van der Waals surface area contributed by atoms with Crippen LogP contribution in [0.1, 0.15) is 138 Å². The minimum absolute atomic E-state index is 0.0216. The lowest BCUT2D eigenvalue weighted by Crippen LogP contribution is -2.35. The van der Waals surface area contributed by atoms with Gasteiger partial charge in [0.05, 0.1) is 40.5 Å². The predicted octanol–water partition coefficient (Wildman–Crippen LogP) is 12.8. The van der Waals surface area contributed by atoms with Gasteiger partial charge in [0.15, 0.2) is 0 Å². The Morgan fingerprint density at radius 3 is 1.55 bits per heavy atom. The number of anilines is 2. The first kappa shape index (κ1) is 34.2. The van der Waals surface area contributed by atoms with Crippen molar-refractivity contribution in [3.63, 3.8) is 0 Å². The van der Waals surface area contributed by atoms with Crippen molar-refractivity contribution in [2.24, 2.45) is 0 Å². The Morgan fingerprint density at radius 2 is 1.10 bits per heavy atom. The van der Waals surface area contributed by atoms with Gasteiger partial charge in [-0.3, -0.25) is 19.2 Å². The minimum Gasteiger partial charge on any atom is -0.358 e. The van der Waals surface area contributed by atoms with Crippen molar-refractivity contribution in [3.05, 3.63) is 164 Å². The Kier molecular flexibility index (Phi) is 11.0. The number of nitrogens with zero attached hydrogens (tertiary/aromatic N) is 4. The molecule has 0 radical (unpaired) electrons. The molecule has 4 aromatic heterocycles. The second-order valence-corrected chi connectivity index (χ2v) is 19.8. The Balaban J connectivity index is 0.000000240. The number of rotatable bonds is 20. The minimum atomic E-state index is -3.34. The van der Waals surface area contributed by atoms with Gasteiger partial charge in [0, 0.05) is 129 Å². The molecule has 0 spiro atoms. The van der Waals surface area contributed by atoms with Crippen LogP contribution in [0.25, 0.3) is 67.0 Å². The van der Waals surface area contributed by atoms with Crippen LogP contribution >= 0.6 is 22.7 Å². The summed E-state index contributed by atoms with van der Waals surface area (Å²) in [5, 5.41) is 15.5. The molecule has 14 nitrogen and oxygen atoms in total. The van der Waals surface area contributed by atoms with E-state index in [4.69, 9.17) is 36.5 Å². The Labute approximate surface area is 509 Å². The van der Waals surface area contributed by atoms with E-state index in [1.54, 1.807) is 63.4 Å². The molecule has 0 fully saturated rings. The summed E-state index contributed by atoms with van der Waals surface area (Å²) in [5.41, 5.74) is 9.74. The summed E-state index contributed by atoms with van der Waals surface area (Å²) in [6.45, 7) is -13.0. The summed E-state index contributed by atoms with van der Waals surface area (Å²) >= 11 is 2.63. The molecule has 0 saturated heterocycles. The summed E-state index contributed by atoms with van der Waals surface area (Å²) in [4.78, 5) is 69.1. The number of nitrogens with one attached hydrogen (secondary N) is 6. The molecule has 16 heteroatoms. The number of carbonyl (C=O) groups is 4. The van der Waals surface area contributed by atoms with Crippen LogP contribution in [0.3, 0.4) is 0 Å². The van der Waals surface area contributed by atoms with Crippen molar-refractivity contribution >= 4 is 81.0 Å². The molecule has 80 heavy (non-hydrogen) atoms. The van der Waals surface area contributed by atoms with Gasteiger partial charge in [-0.05, 0) is 114 Å². The number of fused-ring (bicyclic) bond motifs is 2. The van der Waals surface area contributed by atoms with Crippen LogP contribution in [0, 0.1) is 27.7 Å². The molecular weight excluding hydrogens is 1040 g/mol. The second kappa shape index (κ2) is 25.8. The van der Waals surface area contributed by atoms with Crippen LogP contribution in [-0.2, 0) is 9.59 Å². The third-order valence-corrected chi connectivity index (χ3v) is 14.7. The average Bonchev–Trinajstić information content (AvgIpc) is 1.75. The molecule has 6 heterocycles. The van der Waals surface area contributed by atoms with E-state index in [9.17, 15) is 19.2 Å². The van der Waals surface area contributed by atoms with Crippen LogP contribution in [0.15, 0.2) is 108 Å². The van der Waals surface area contributed by atoms with Crippen molar-refractivity contribution < 1.29 is 50.7 Å². The van der Waals surface area contributed by atoms with Gasteiger partial charge in [-0.1, -0.05) is 100 Å². The molecule has 8 aromatic rings. The van der Waals surface area contributed by atoms with Crippen LogP contribution in [0.4, 0.5) is 11.4 Å². The van der Waals surface area contributed by atoms with Crippen LogP contribution in [0.2, 0.25) is 0 Å². The number of aromatic nitrogens is 4. The van der Waals surface area contributed by atoms with Crippen LogP contribution < -0.4 is 21.3 Å².